The molecule has 3 aromatic heterocycles. The van der Waals surface area contributed by atoms with Gasteiger partial charge in [-0.1, -0.05) is 25.1 Å². The highest BCUT2D eigenvalue weighted by Crippen LogP contribution is 2.39. The van der Waals surface area contributed by atoms with E-state index >= 15 is 4.39 Å². The van der Waals surface area contributed by atoms with E-state index in [0.29, 0.717) is 11.3 Å². The maximum atomic E-state index is 15.1. The predicted molar refractivity (Wildman–Crippen MR) is 156 cm³/mol. The van der Waals surface area contributed by atoms with Gasteiger partial charge in [-0.2, -0.15) is 0 Å². The third-order valence-electron chi connectivity index (χ3n) is 6.59. The highest BCUT2D eigenvalue weighted by atomic mass is 32.1. The largest absolute Gasteiger partial charge is 0.497 e. The lowest BCUT2D eigenvalue weighted by Crippen LogP contribution is -2.16. The molecular weight excluding hydrogens is 527 g/mol. The van der Waals surface area contributed by atoms with E-state index in [1.807, 2.05) is 43.6 Å². The number of nitrogens with zero attached hydrogens (tertiary/aromatic N) is 3. The fraction of sp³-hybridized carbons (Fsp3) is 0.258. The van der Waals surface area contributed by atoms with Crippen LogP contribution >= 0.6 is 11.3 Å². The minimum absolute atomic E-state index is 0.00113. The number of Topliss-reactive ketones (excluding diaryl/α,β-unsaturated/α-hetero) is 1. The molecule has 206 valence electrons. The van der Waals surface area contributed by atoms with E-state index in [1.165, 1.54) is 17.4 Å². The zero-order chi connectivity index (χ0) is 28.1. The van der Waals surface area contributed by atoms with E-state index in [2.05, 4.69) is 26.8 Å². The quantitative estimate of drug-likeness (QED) is 0.176. The summed E-state index contributed by atoms with van der Waals surface area (Å²) in [5.41, 5.74) is 3.33. The van der Waals surface area contributed by atoms with E-state index in [0.717, 1.165) is 57.4 Å². The molecule has 7 nitrogen and oxygen atoms in total. The Labute approximate surface area is 236 Å². The number of methoxy groups -OCH3 is 1. The second-order valence-electron chi connectivity index (χ2n) is 9.55. The SMILES string of the molecule is CCCNCc1cnc(-c2cc3nccc(Oc4ccc(CC(=O)Cc5ccc(OC)cc5)cc4F)c3s2)n1C. The van der Waals surface area contributed by atoms with Crippen LogP contribution in [0.4, 0.5) is 4.39 Å². The van der Waals surface area contributed by atoms with Gasteiger partial charge in [-0.25, -0.2) is 9.37 Å². The molecule has 9 heteroatoms. The van der Waals surface area contributed by atoms with Crippen molar-refractivity contribution in [3.8, 4) is 28.0 Å². The van der Waals surface area contributed by atoms with Gasteiger partial charge in [0.15, 0.2) is 11.6 Å². The Hall–Kier alpha value is -4.08. The van der Waals surface area contributed by atoms with Gasteiger partial charge >= 0.3 is 0 Å². The van der Waals surface area contributed by atoms with Gasteiger partial charge in [0, 0.05) is 38.7 Å². The molecule has 2 aromatic carbocycles. The van der Waals surface area contributed by atoms with Crippen molar-refractivity contribution in [2.24, 2.45) is 7.05 Å². The van der Waals surface area contributed by atoms with Crippen molar-refractivity contribution < 1.29 is 18.7 Å². The molecule has 0 fully saturated rings. The number of thiophene rings is 1. The number of ketones is 1. The summed E-state index contributed by atoms with van der Waals surface area (Å²) in [4.78, 5) is 22.6. The number of rotatable bonds is 12. The number of imidazole rings is 1. The Bertz CT molecular complexity index is 1630. The van der Waals surface area contributed by atoms with Crippen molar-refractivity contribution in [3.63, 3.8) is 0 Å². The van der Waals surface area contributed by atoms with Gasteiger partial charge in [0.1, 0.15) is 23.1 Å². The summed E-state index contributed by atoms with van der Waals surface area (Å²) in [7, 11) is 3.60. The number of hydrogen-bond acceptors (Lipinski definition) is 7. The number of aromatic nitrogens is 3. The summed E-state index contributed by atoms with van der Waals surface area (Å²) in [5, 5.41) is 3.41. The average Bonchev–Trinajstić information content (AvgIpc) is 3.54. The smallest absolute Gasteiger partial charge is 0.166 e. The second kappa shape index (κ2) is 12.4. The molecule has 0 aliphatic rings. The average molecular weight is 559 g/mol. The first kappa shape index (κ1) is 27.5. The molecule has 40 heavy (non-hydrogen) atoms. The van der Waals surface area contributed by atoms with Crippen molar-refractivity contribution in [2.75, 3.05) is 13.7 Å². The molecule has 0 aliphatic carbocycles. The van der Waals surface area contributed by atoms with E-state index in [4.69, 9.17) is 9.47 Å². The van der Waals surface area contributed by atoms with Crippen molar-refractivity contribution >= 4 is 27.3 Å². The van der Waals surface area contributed by atoms with E-state index in [-0.39, 0.29) is 24.4 Å². The number of carbonyl (C=O) groups excluding carboxylic acids is 1. The molecule has 0 amide bonds. The Kier molecular flexibility index (Phi) is 8.52. The summed E-state index contributed by atoms with van der Waals surface area (Å²) in [6, 6.07) is 15.7. The molecule has 0 saturated heterocycles. The number of ether oxygens (including phenoxy) is 2. The number of halogens is 1. The van der Waals surface area contributed by atoms with Gasteiger partial charge in [0.25, 0.3) is 0 Å². The standard InChI is InChI=1S/C31H31FN4O3S/c1-4-12-33-18-22-19-35-31(36(22)2)29-17-26-30(40-29)28(11-13-34-26)39-27-10-7-21(16-25(27)32)15-23(37)14-20-5-8-24(38-3)9-6-20/h5-11,13,16-17,19,33H,4,12,14-15,18H2,1-3H3. The lowest BCUT2D eigenvalue weighted by atomic mass is 10.0. The first-order chi connectivity index (χ1) is 19.4. The molecule has 0 aliphatic heterocycles. The van der Waals surface area contributed by atoms with Crippen molar-refractivity contribution in [2.45, 2.75) is 32.7 Å². The maximum absolute atomic E-state index is 15.1. The summed E-state index contributed by atoms with van der Waals surface area (Å²) in [6.07, 6.45) is 5.01. The van der Waals surface area contributed by atoms with Gasteiger partial charge in [0.2, 0.25) is 0 Å². The van der Waals surface area contributed by atoms with Crippen LogP contribution in [-0.4, -0.2) is 34.0 Å². The Morgan fingerprint density at radius 3 is 2.55 bits per heavy atom. The first-order valence-electron chi connectivity index (χ1n) is 13.2. The van der Waals surface area contributed by atoms with Gasteiger partial charge < -0.3 is 19.4 Å². The van der Waals surface area contributed by atoms with Crippen LogP contribution in [0.25, 0.3) is 20.9 Å². The summed E-state index contributed by atoms with van der Waals surface area (Å²) < 4.78 is 29.1. The number of hydrogen-bond donors (Lipinski definition) is 1. The Morgan fingerprint density at radius 1 is 1.02 bits per heavy atom. The van der Waals surface area contributed by atoms with Crippen molar-refractivity contribution in [1.82, 2.24) is 19.9 Å². The van der Waals surface area contributed by atoms with Crippen LogP contribution in [0, 0.1) is 5.82 Å². The van der Waals surface area contributed by atoms with Crippen LogP contribution < -0.4 is 14.8 Å². The number of nitrogens with one attached hydrogen (secondary N) is 1. The topological polar surface area (TPSA) is 78.3 Å². The van der Waals surface area contributed by atoms with E-state index in [9.17, 15) is 4.79 Å². The monoisotopic (exact) mass is 558 g/mol. The molecule has 5 aromatic rings. The Balaban J connectivity index is 1.29. The zero-order valence-corrected chi connectivity index (χ0v) is 23.6. The Morgan fingerprint density at radius 2 is 1.80 bits per heavy atom. The highest BCUT2D eigenvalue weighted by Gasteiger charge is 2.17. The van der Waals surface area contributed by atoms with E-state index in [1.54, 1.807) is 31.5 Å². The molecule has 0 bridgehead atoms. The summed E-state index contributed by atoms with van der Waals surface area (Å²) in [5.74, 6) is 1.67. The predicted octanol–water partition coefficient (Wildman–Crippen LogP) is 6.49. The fourth-order valence-corrected chi connectivity index (χ4v) is 5.55. The molecule has 0 saturated carbocycles. The third-order valence-corrected chi connectivity index (χ3v) is 7.73. The molecule has 1 N–H and O–H groups in total. The van der Waals surface area contributed by atoms with Crippen LogP contribution in [0.5, 0.6) is 17.2 Å². The number of fused-ring (bicyclic) bond motifs is 1. The fourth-order valence-electron chi connectivity index (χ4n) is 4.45. The molecule has 3 heterocycles. The summed E-state index contributed by atoms with van der Waals surface area (Å²) in [6.45, 7) is 3.83. The van der Waals surface area contributed by atoms with E-state index < -0.39 is 5.82 Å². The summed E-state index contributed by atoms with van der Waals surface area (Å²) >= 11 is 1.51. The van der Waals surface area contributed by atoms with Crippen LogP contribution in [0.2, 0.25) is 0 Å². The number of benzene rings is 2. The van der Waals surface area contributed by atoms with Gasteiger partial charge in [-0.3, -0.25) is 9.78 Å². The number of carbonyl (C=O) groups is 1. The molecule has 0 unspecified atom stereocenters. The van der Waals surface area contributed by atoms with Crippen molar-refractivity contribution in [3.05, 3.63) is 89.6 Å². The van der Waals surface area contributed by atoms with Crippen LogP contribution in [-0.2, 0) is 31.2 Å². The highest BCUT2D eigenvalue weighted by molar-refractivity contribution is 7.22. The molecular formula is C31H31FN4O3S. The first-order valence-corrected chi connectivity index (χ1v) is 14.0. The van der Waals surface area contributed by atoms with Crippen molar-refractivity contribution in [1.29, 1.82) is 0 Å². The number of pyridine rings is 1. The normalized spacial score (nSPS) is 11.2. The van der Waals surface area contributed by atoms with Gasteiger partial charge in [-0.05, 0) is 54.4 Å². The minimum Gasteiger partial charge on any atom is -0.497 e. The molecule has 0 spiro atoms. The molecule has 0 radical (unpaired) electrons. The third kappa shape index (κ3) is 6.21. The van der Waals surface area contributed by atoms with Gasteiger partial charge in [-0.15, -0.1) is 11.3 Å². The maximum Gasteiger partial charge on any atom is 0.166 e. The van der Waals surface area contributed by atoms with Crippen LogP contribution in [0.1, 0.15) is 30.2 Å². The van der Waals surface area contributed by atoms with Crippen LogP contribution in [0.15, 0.2) is 67.0 Å². The molecule has 5 rings (SSSR count). The van der Waals surface area contributed by atoms with Gasteiger partial charge in [0.05, 0.1) is 34.1 Å². The lowest BCUT2D eigenvalue weighted by molar-refractivity contribution is -0.117. The second-order valence-corrected chi connectivity index (χ2v) is 10.6. The molecule has 0 atom stereocenters. The lowest BCUT2D eigenvalue weighted by Gasteiger charge is -2.09. The zero-order valence-electron chi connectivity index (χ0n) is 22.7. The minimum atomic E-state index is -0.523. The van der Waals surface area contributed by atoms with Crippen LogP contribution in [0.3, 0.4) is 0 Å².